The first kappa shape index (κ1) is 14.4. The summed E-state index contributed by atoms with van der Waals surface area (Å²) in [6, 6.07) is 6.78. The molecule has 19 heavy (non-hydrogen) atoms. The summed E-state index contributed by atoms with van der Waals surface area (Å²) in [4.78, 5) is 2.33. The number of hydrogen-bond acceptors (Lipinski definition) is 3. The van der Waals surface area contributed by atoms with E-state index < -0.39 is 0 Å². The van der Waals surface area contributed by atoms with Gasteiger partial charge in [0.2, 0.25) is 0 Å². The van der Waals surface area contributed by atoms with Crippen molar-refractivity contribution in [2.75, 3.05) is 32.8 Å². The van der Waals surface area contributed by atoms with Crippen LogP contribution in [-0.4, -0.2) is 42.8 Å². The van der Waals surface area contributed by atoms with Crippen molar-refractivity contribution in [2.24, 2.45) is 5.41 Å². The Morgan fingerprint density at radius 2 is 2.05 bits per heavy atom. The SMILES string of the molecule is CC(C)(CO)[C@H](c1cccc(F)c1)N1CCNCC1. The van der Waals surface area contributed by atoms with Gasteiger partial charge in [-0.25, -0.2) is 4.39 Å². The third-order valence-corrected chi connectivity index (χ3v) is 3.83. The molecule has 1 aliphatic heterocycles. The van der Waals surface area contributed by atoms with E-state index in [1.54, 1.807) is 12.1 Å². The van der Waals surface area contributed by atoms with Gasteiger partial charge in [-0.3, -0.25) is 4.90 Å². The van der Waals surface area contributed by atoms with Crippen LogP contribution in [-0.2, 0) is 0 Å². The monoisotopic (exact) mass is 266 g/mol. The molecule has 0 amide bonds. The van der Waals surface area contributed by atoms with Crippen LogP contribution in [0.3, 0.4) is 0 Å². The molecule has 0 saturated carbocycles. The maximum Gasteiger partial charge on any atom is 0.123 e. The van der Waals surface area contributed by atoms with E-state index in [9.17, 15) is 9.50 Å². The second-order valence-electron chi connectivity index (χ2n) is 5.89. The summed E-state index contributed by atoms with van der Waals surface area (Å²) in [5.74, 6) is -0.216. The molecule has 1 atom stereocenters. The minimum atomic E-state index is -0.300. The van der Waals surface area contributed by atoms with Gasteiger partial charge in [0.15, 0.2) is 0 Å². The van der Waals surface area contributed by atoms with Crippen LogP contribution in [0, 0.1) is 11.2 Å². The molecular weight excluding hydrogens is 243 g/mol. The molecule has 0 radical (unpaired) electrons. The summed E-state index contributed by atoms with van der Waals surface area (Å²) in [7, 11) is 0. The van der Waals surface area contributed by atoms with Gasteiger partial charge in [0.1, 0.15) is 5.82 Å². The number of nitrogens with one attached hydrogen (secondary N) is 1. The zero-order chi connectivity index (χ0) is 13.9. The van der Waals surface area contributed by atoms with Crippen LogP contribution in [0.4, 0.5) is 4.39 Å². The van der Waals surface area contributed by atoms with E-state index in [0.717, 1.165) is 31.7 Å². The summed E-state index contributed by atoms with van der Waals surface area (Å²) in [5.41, 5.74) is 0.645. The number of halogens is 1. The lowest BCUT2D eigenvalue weighted by atomic mass is 9.79. The van der Waals surface area contributed by atoms with Crippen molar-refractivity contribution in [1.29, 1.82) is 0 Å². The molecule has 1 aromatic rings. The molecule has 1 fully saturated rings. The van der Waals surface area contributed by atoms with Crippen LogP contribution >= 0.6 is 0 Å². The molecule has 0 aliphatic carbocycles. The van der Waals surface area contributed by atoms with Crippen LogP contribution in [0.2, 0.25) is 0 Å². The number of aliphatic hydroxyl groups is 1. The van der Waals surface area contributed by atoms with Crippen molar-refractivity contribution in [3.8, 4) is 0 Å². The Morgan fingerprint density at radius 1 is 1.37 bits per heavy atom. The molecule has 1 saturated heterocycles. The zero-order valence-corrected chi connectivity index (χ0v) is 11.7. The average molecular weight is 266 g/mol. The molecule has 0 unspecified atom stereocenters. The Bertz CT molecular complexity index is 416. The van der Waals surface area contributed by atoms with Gasteiger partial charge in [-0.2, -0.15) is 0 Å². The highest BCUT2D eigenvalue weighted by Crippen LogP contribution is 2.38. The number of nitrogens with zero attached hydrogens (tertiary/aromatic N) is 1. The lowest BCUT2D eigenvalue weighted by Gasteiger charge is -2.43. The summed E-state index contributed by atoms with van der Waals surface area (Å²) in [5, 5.41) is 13.0. The molecule has 106 valence electrons. The van der Waals surface area contributed by atoms with E-state index >= 15 is 0 Å². The van der Waals surface area contributed by atoms with E-state index in [1.807, 2.05) is 19.9 Å². The molecule has 0 spiro atoms. The molecule has 1 aromatic carbocycles. The van der Waals surface area contributed by atoms with Crippen molar-refractivity contribution in [3.63, 3.8) is 0 Å². The number of benzene rings is 1. The second-order valence-corrected chi connectivity index (χ2v) is 5.89. The Labute approximate surface area is 114 Å². The Morgan fingerprint density at radius 3 is 2.63 bits per heavy atom. The molecule has 0 bridgehead atoms. The normalized spacial score (nSPS) is 19.4. The van der Waals surface area contributed by atoms with Crippen LogP contribution in [0.5, 0.6) is 0 Å². The Hall–Kier alpha value is -0.970. The predicted molar refractivity (Wildman–Crippen MR) is 74.5 cm³/mol. The lowest BCUT2D eigenvalue weighted by molar-refractivity contribution is 0.0304. The third kappa shape index (κ3) is 3.32. The van der Waals surface area contributed by atoms with Gasteiger partial charge < -0.3 is 10.4 Å². The Kier molecular flexibility index (Phi) is 4.55. The van der Waals surface area contributed by atoms with Crippen molar-refractivity contribution in [1.82, 2.24) is 10.2 Å². The summed E-state index contributed by atoms with van der Waals surface area (Å²) in [6.07, 6.45) is 0. The first-order valence-corrected chi connectivity index (χ1v) is 6.86. The molecule has 4 heteroatoms. The highest BCUT2D eigenvalue weighted by atomic mass is 19.1. The standard InChI is InChI=1S/C15H23FN2O/c1-15(2,11-19)14(18-8-6-17-7-9-18)12-4-3-5-13(16)10-12/h3-5,10,14,17,19H,6-9,11H2,1-2H3/t14-/m0/s1. The van der Waals surface area contributed by atoms with Crippen LogP contribution in [0.15, 0.2) is 24.3 Å². The van der Waals surface area contributed by atoms with E-state index in [2.05, 4.69) is 10.2 Å². The number of rotatable bonds is 4. The van der Waals surface area contributed by atoms with E-state index in [4.69, 9.17) is 0 Å². The average Bonchev–Trinajstić information content (AvgIpc) is 2.40. The van der Waals surface area contributed by atoms with Crippen molar-refractivity contribution < 1.29 is 9.50 Å². The molecule has 2 rings (SSSR count). The van der Waals surface area contributed by atoms with Crippen molar-refractivity contribution in [3.05, 3.63) is 35.6 Å². The quantitative estimate of drug-likeness (QED) is 0.872. The first-order valence-electron chi connectivity index (χ1n) is 6.86. The van der Waals surface area contributed by atoms with Gasteiger partial charge in [0.05, 0.1) is 0 Å². The summed E-state index contributed by atoms with van der Waals surface area (Å²) < 4.78 is 13.5. The number of piperazine rings is 1. The Balaban J connectivity index is 2.33. The summed E-state index contributed by atoms with van der Waals surface area (Å²) in [6.45, 7) is 7.86. The highest BCUT2D eigenvalue weighted by molar-refractivity contribution is 5.22. The third-order valence-electron chi connectivity index (χ3n) is 3.83. The first-order chi connectivity index (χ1) is 9.04. The second kappa shape index (κ2) is 5.99. The smallest absolute Gasteiger partial charge is 0.123 e. The molecule has 2 N–H and O–H groups in total. The molecule has 1 aliphatic rings. The van der Waals surface area contributed by atoms with Crippen molar-refractivity contribution >= 4 is 0 Å². The fourth-order valence-electron chi connectivity index (χ4n) is 2.86. The van der Waals surface area contributed by atoms with E-state index in [-0.39, 0.29) is 23.9 Å². The van der Waals surface area contributed by atoms with Gasteiger partial charge in [-0.15, -0.1) is 0 Å². The van der Waals surface area contributed by atoms with Crippen LogP contribution in [0.25, 0.3) is 0 Å². The topological polar surface area (TPSA) is 35.5 Å². The largest absolute Gasteiger partial charge is 0.396 e. The van der Waals surface area contributed by atoms with E-state index in [1.165, 1.54) is 6.07 Å². The van der Waals surface area contributed by atoms with Gasteiger partial charge in [-0.05, 0) is 17.7 Å². The molecule has 1 heterocycles. The zero-order valence-electron chi connectivity index (χ0n) is 11.7. The number of hydrogen-bond donors (Lipinski definition) is 2. The minimum Gasteiger partial charge on any atom is -0.396 e. The van der Waals surface area contributed by atoms with Crippen LogP contribution < -0.4 is 5.32 Å². The maximum absolute atomic E-state index is 13.5. The number of aliphatic hydroxyl groups excluding tert-OH is 1. The fraction of sp³-hybridized carbons (Fsp3) is 0.600. The lowest BCUT2D eigenvalue weighted by Crippen LogP contribution is -2.49. The van der Waals surface area contributed by atoms with Crippen LogP contribution in [0.1, 0.15) is 25.5 Å². The van der Waals surface area contributed by atoms with Gasteiger partial charge in [0, 0.05) is 44.2 Å². The molecule has 0 aromatic heterocycles. The van der Waals surface area contributed by atoms with Gasteiger partial charge in [-0.1, -0.05) is 26.0 Å². The fourth-order valence-corrected chi connectivity index (χ4v) is 2.86. The molecular formula is C15H23FN2O. The molecule has 3 nitrogen and oxygen atoms in total. The van der Waals surface area contributed by atoms with E-state index in [0.29, 0.717) is 0 Å². The van der Waals surface area contributed by atoms with Gasteiger partial charge in [0.25, 0.3) is 0 Å². The highest BCUT2D eigenvalue weighted by Gasteiger charge is 2.35. The minimum absolute atomic E-state index is 0.0373. The maximum atomic E-state index is 13.5. The predicted octanol–water partition coefficient (Wildman–Crippen LogP) is 1.79. The summed E-state index contributed by atoms with van der Waals surface area (Å²) >= 11 is 0. The van der Waals surface area contributed by atoms with Crippen molar-refractivity contribution in [2.45, 2.75) is 19.9 Å². The van der Waals surface area contributed by atoms with Gasteiger partial charge >= 0.3 is 0 Å².